The zero-order valence-electron chi connectivity index (χ0n) is 10.8. The minimum absolute atomic E-state index is 0.425. The van der Waals surface area contributed by atoms with Crippen LogP contribution in [0.4, 0.5) is 0 Å². The topological polar surface area (TPSA) is 45.2 Å². The summed E-state index contributed by atoms with van der Waals surface area (Å²) in [6.07, 6.45) is 8.35. The monoisotopic (exact) mass is 268 g/mol. The summed E-state index contributed by atoms with van der Waals surface area (Å²) in [5, 5.41) is 14.6. The number of halogens is 1. The van der Waals surface area contributed by atoms with Crippen LogP contribution in [-0.2, 0) is 6.42 Å². The number of nitrogens with one attached hydrogen (secondary N) is 1. The number of hydrogen-bond acceptors (Lipinski definition) is 3. The van der Waals surface area contributed by atoms with E-state index >= 15 is 0 Å². The van der Waals surface area contributed by atoms with E-state index in [4.69, 9.17) is 11.6 Å². The van der Waals surface area contributed by atoms with Crippen LogP contribution in [0.1, 0.15) is 38.2 Å². The second-order valence-electron chi connectivity index (χ2n) is 5.49. The molecule has 2 heterocycles. The Bertz CT molecular complexity index is 389. The van der Waals surface area contributed by atoms with Crippen molar-refractivity contribution in [3.63, 3.8) is 0 Å². The number of pyridine rings is 1. The van der Waals surface area contributed by atoms with E-state index < -0.39 is 5.60 Å². The van der Waals surface area contributed by atoms with Gasteiger partial charge in [-0.15, -0.1) is 0 Å². The van der Waals surface area contributed by atoms with E-state index in [1.165, 1.54) is 12.8 Å². The van der Waals surface area contributed by atoms with Crippen molar-refractivity contribution in [1.29, 1.82) is 0 Å². The van der Waals surface area contributed by atoms with Gasteiger partial charge in [0.15, 0.2) is 0 Å². The molecule has 0 radical (unpaired) electrons. The third kappa shape index (κ3) is 3.94. The van der Waals surface area contributed by atoms with Crippen LogP contribution in [0.2, 0.25) is 5.02 Å². The molecule has 0 bridgehead atoms. The Labute approximate surface area is 114 Å². The first-order valence-corrected chi connectivity index (χ1v) is 6.99. The highest BCUT2D eigenvalue weighted by Gasteiger charge is 2.27. The molecule has 4 heteroatoms. The van der Waals surface area contributed by atoms with Crippen LogP contribution < -0.4 is 5.32 Å². The van der Waals surface area contributed by atoms with Crippen molar-refractivity contribution in [2.24, 2.45) is 0 Å². The molecule has 2 N–H and O–H groups in total. The summed E-state index contributed by atoms with van der Waals surface area (Å²) in [6, 6.07) is 2.31. The van der Waals surface area contributed by atoms with E-state index in [9.17, 15) is 5.11 Å². The van der Waals surface area contributed by atoms with Gasteiger partial charge < -0.3 is 10.4 Å². The number of piperidine rings is 1. The van der Waals surface area contributed by atoms with Crippen molar-refractivity contribution >= 4 is 11.6 Å². The average molecular weight is 269 g/mol. The lowest BCUT2D eigenvalue weighted by Crippen LogP contribution is -2.41. The second-order valence-corrected chi connectivity index (χ2v) is 5.90. The zero-order chi connectivity index (χ0) is 13.0. The maximum absolute atomic E-state index is 10.5. The largest absolute Gasteiger partial charge is 0.390 e. The Hall–Kier alpha value is -0.640. The average Bonchev–Trinajstić information content (AvgIpc) is 2.32. The van der Waals surface area contributed by atoms with Crippen molar-refractivity contribution in [3.05, 3.63) is 29.0 Å². The summed E-state index contributed by atoms with van der Waals surface area (Å²) in [4.78, 5) is 3.96. The molecule has 18 heavy (non-hydrogen) atoms. The molecule has 3 nitrogen and oxygen atoms in total. The maximum atomic E-state index is 10.5. The fourth-order valence-corrected chi connectivity index (χ4v) is 2.85. The maximum Gasteiger partial charge on any atom is 0.0675 e. The standard InChI is InChI=1S/C14H21ClN2O/c1-14(18,9-12-4-2-3-6-17-12)8-11-5-7-16-10-13(11)15/h5,7,10,12,17-18H,2-4,6,8-9H2,1H3. The van der Waals surface area contributed by atoms with Gasteiger partial charge in [0, 0.05) is 24.9 Å². The summed E-state index contributed by atoms with van der Waals surface area (Å²) >= 11 is 6.08. The predicted octanol–water partition coefficient (Wildman–Crippen LogP) is 2.56. The predicted molar refractivity (Wildman–Crippen MR) is 73.8 cm³/mol. The second kappa shape index (κ2) is 6.00. The Balaban J connectivity index is 1.96. The van der Waals surface area contributed by atoms with Gasteiger partial charge in [0.25, 0.3) is 0 Å². The van der Waals surface area contributed by atoms with Gasteiger partial charge in [-0.2, -0.15) is 0 Å². The van der Waals surface area contributed by atoms with E-state index in [2.05, 4.69) is 10.3 Å². The fourth-order valence-electron chi connectivity index (χ4n) is 2.66. The van der Waals surface area contributed by atoms with Crippen LogP contribution in [0.15, 0.2) is 18.5 Å². The summed E-state index contributed by atoms with van der Waals surface area (Å²) in [6.45, 7) is 2.96. The van der Waals surface area contributed by atoms with Gasteiger partial charge in [-0.05, 0) is 44.4 Å². The summed E-state index contributed by atoms with van der Waals surface area (Å²) in [5.74, 6) is 0. The summed E-state index contributed by atoms with van der Waals surface area (Å²) in [5.41, 5.74) is 0.243. The van der Waals surface area contributed by atoms with Gasteiger partial charge in [0.1, 0.15) is 0 Å². The molecule has 0 spiro atoms. The van der Waals surface area contributed by atoms with Gasteiger partial charge in [-0.3, -0.25) is 4.98 Å². The van der Waals surface area contributed by atoms with Crippen molar-refractivity contribution in [2.75, 3.05) is 6.54 Å². The number of aliphatic hydroxyl groups is 1. The van der Waals surface area contributed by atoms with Crippen LogP contribution in [0.3, 0.4) is 0 Å². The summed E-state index contributed by atoms with van der Waals surface area (Å²) < 4.78 is 0. The SMILES string of the molecule is CC(O)(Cc1ccncc1Cl)CC1CCCCN1. The van der Waals surface area contributed by atoms with E-state index in [-0.39, 0.29) is 0 Å². The Morgan fingerprint density at radius 1 is 1.56 bits per heavy atom. The highest BCUT2D eigenvalue weighted by atomic mass is 35.5. The summed E-state index contributed by atoms with van der Waals surface area (Å²) in [7, 11) is 0. The minimum Gasteiger partial charge on any atom is -0.390 e. The molecule has 1 saturated heterocycles. The molecule has 0 amide bonds. The molecule has 0 aliphatic carbocycles. The van der Waals surface area contributed by atoms with Crippen LogP contribution in [0.25, 0.3) is 0 Å². The Morgan fingerprint density at radius 2 is 2.39 bits per heavy atom. The Morgan fingerprint density at radius 3 is 3.06 bits per heavy atom. The molecule has 1 aromatic rings. The van der Waals surface area contributed by atoms with Crippen LogP contribution in [0, 0.1) is 0 Å². The molecule has 2 unspecified atom stereocenters. The van der Waals surface area contributed by atoms with Crippen molar-refractivity contribution in [3.8, 4) is 0 Å². The third-order valence-electron chi connectivity index (χ3n) is 3.53. The number of nitrogens with zero attached hydrogens (tertiary/aromatic N) is 1. The van der Waals surface area contributed by atoms with Crippen LogP contribution >= 0.6 is 11.6 Å². The van der Waals surface area contributed by atoms with E-state index in [1.807, 2.05) is 13.0 Å². The number of hydrogen-bond donors (Lipinski definition) is 2. The zero-order valence-corrected chi connectivity index (χ0v) is 11.6. The molecule has 100 valence electrons. The van der Waals surface area contributed by atoms with Crippen molar-refractivity contribution in [2.45, 2.75) is 50.7 Å². The van der Waals surface area contributed by atoms with Gasteiger partial charge in [0.05, 0.1) is 10.6 Å². The molecular weight excluding hydrogens is 248 g/mol. The molecule has 1 aliphatic rings. The number of aromatic nitrogens is 1. The van der Waals surface area contributed by atoms with Gasteiger partial charge >= 0.3 is 0 Å². The molecule has 2 rings (SSSR count). The normalized spacial score (nSPS) is 23.6. The molecule has 2 atom stereocenters. The van der Waals surface area contributed by atoms with Crippen LogP contribution in [0.5, 0.6) is 0 Å². The van der Waals surface area contributed by atoms with Gasteiger partial charge in [-0.25, -0.2) is 0 Å². The van der Waals surface area contributed by atoms with Crippen molar-refractivity contribution in [1.82, 2.24) is 10.3 Å². The lowest BCUT2D eigenvalue weighted by molar-refractivity contribution is 0.0371. The molecule has 1 aromatic heterocycles. The molecule has 0 aromatic carbocycles. The highest BCUT2D eigenvalue weighted by Crippen LogP contribution is 2.25. The van der Waals surface area contributed by atoms with Crippen molar-refractivity contribution < 1.29 is 5.11 Å². The molecular formula is C14H21ClN2O. The minimum atomic E-state index is -0.722. The molecule has 0 saturated carbocycles. The Kier molecular flexibility index (Phi) is 4.60. The quantitative estimate of drug-likeness (QED) is 0.882. The lowest BCUT2D eigenvalue weighted by Gasteiger charge is -2.31. The van der Waals surface area contributed by atoms with E-state index in [0.717, 1.165) is 24.9 Å². The number of rotatable bonds is 4. The first kappa shape index (κ1) is 13.8. The highest BCUT2D eigenvalue weighted by molar-refractivity contribution is 6.31. The van der Waals surface area contributed by atoms with Crippen LogP contribution in [-0.4, -0.2) is 28.3 Å². The third-order valence-corrected chi connectivity index (χ3v) is 3.87. The van der Waals surface area contributed by atoms with Gasteiger partial charge in [-0.1, -0.05) is 18.0 Å². The molecule has 1 fully saturated rings. The molecule has 1 aliphatic heterocycles. The lowest BCUT2D eigenvalue weighted by atomic mass is 9.87. The first-order chi connectivity index (χ1) is 8.57. The van der Waals surface area contributed by atoms with E-state index in [0.29, 0.717) is 17.5 Å². The first-order valence-electron chi connectivity index (χ1n) is 6.61. The van der Waals surface area contributed by atoms with E-state index in [1.54, 1.807) is 12.4 Å². The fraction of sp³-hybridized carbons (Fsp3) is 0.643. The smallest absolute Gasteiger partial charge is 0.0675 e. The van der Waals surface area contributed by atoms with Gasteiger partial charge in [0.2, 0.25) is 0 Å².